The number of fused-ring (bicyclic) bond motifs is 1. The summed E-state index contributed by atoms with van der Waals surface area (Å²) in [4.78, 5) is 11.6. The number of phenols is 1. The van der Waals surface area contributed by atoms with Gasteiger partial charge in [-0.1, -0.05) is 38.3 Å². The van der Waals surface area contributed by atoms with Crippen LogP contribution in [0.3, 0.4) is 0 Å². The lowest BCUT2D eigenvalue weighted by atomic mass is 9.96. The fourth-order valence-electron chi connectivity index (χ4n) is 2.32. The molecule has 4 heteroatoms. The molecular weight excluding hydrogens is 232 g/mol. The van der Waals surface area contributed by atoms with Gasteiger partial charge in [-0.3, -0.25) is 0 Å². The zero-order valence-electron chi connectivity index (χ0n) is 10.5. The van der Waals surface area contributed by atoms with E-state index in [2.05, 4.69) is 6.92 Å². The van der Waals surface area contributed by atoms with Crippen LogP contribution in [0, 0.1) is 0 Å². The van der Waals surface area contributed by atoms with Crippen molar-refractivity contribution in [2.45, 2.75) is 44.8 Å². The van der Waals surface area contributed by atoms with Crippen LogP contribution in [-0.4, -0.2) is 16.2 Å². The molecule has 0 fully saturated rings. The van der Waals surface area contributed by atoms with E-state index in [9.17, 15) is 15.0 Å². The summed E-state index contributed by atoms with van der Waals surface area (Å²) in [5.41, 5.74) is 0.472. The van der Waals surface area contributed by atoms with E-state index in [4.69, 9.17) is 4.74 Å². The van der Waals surface area contributed by atoms with E-state index in [1.165, 1.54) is 6.07 Å². The first-order valence-corrected chi connectivity index (χ1v) is 6.36. The number of esters is 1. The Morgan fingerprint density at radius 1 is 1.28 bits per heavy atom. The van der Waals surface area contributed by atoms with Crippen molar-refractivity contribution in [1.82, 2.24) is 0 Å². The van der Waals surface area contributed by atoms with Gasteiger partial charge in [-0.25, -0.2) is 4.79 Å². The summed E-state index contributed by atoms with van der Waals surface area (Å²) in [6.45, 7) is 2.11. The highest BCUT2D eigenvalue weighted by Gasteiger charge is 2.44. The molecule has 0 spiro atoms. The molecule has 1 aliphatic rings. The van der Waals surface area contributed by atoms with Gasteiger partial charge in [0.1, 0.15) is 11.3 Å². The molecule has 2 N–H and O–H groups in total. The summed E-state index contributed by atoms with van der Waals surface area (Å²) in [6, 6.07) is 4.65. The smallest absolute Gasteiger partial charge is 0.345 e. The molecule has 2 rings (SSSR count). The Kier molecular flexibility index (Phi) is 3.57. The predicted molar refractivity (Wildman–Crippen MR) is 66.2 cm³/mol. The molecule has 0 radical (unpaired) electrons. The number of carbonyl (C=O) groups excluding carboxylic acids is 1. The topological polar surface area (TPSA) is 66.8 Å². The zero-order valence-corrected chi connectivity index (χ0v) is 10.5. The molecule has 0 amide bonds. The van der Waals surface area contributed by atoms with E-state index >= 15 is 0 Å². The summed E-state index contributed by atoms with van der Waals surface area (Å²) >= 11 is 0. The Morgan fingerprint density at radius 2 is 2.06 bits per heavy atom. The molecule has 1 aliphatic heterocycles. The average Bonchev–Trinajstić information content (AvgIpc) is 2.59. The highest BCUT2D eigenvalue weighted by atomic mass is 16.7. The van der Waals surface area contributed by atoms with Crippen molar-refractivity contribution in [3.63, 3.8) is 0 Å². The van der Waals surface area contributed by atoms with Gasteiger partial charge in [-0.05, 0) is 12.5 Å². The van der Waals surface area contributed by atoms with Crippen LogP contribution in [0.2, 0.25) is 0 Å². The van der Waals surface area contributed by atoms with Gasteiger partial charge < -0.3 is 14.9 Å². The lowest BCUT2D eigenvalue weighted by Crippen LogP contribution is -2.25. The number of carbonyl (C=O) groups is 1. The van der Waals surface area contributed by atoms with Crippen molar-refractivity contribution in [3.05, 3.63) is 29.3 Å². The summed E-state index contributed by atoms with van der Waals surface area (Å²) in [5.74, 6) is -2.36. The molecule has 1 aromatic rings. The Bertz CT molecular complexity index is 455. The maximum absolute atomic E-state index is 11.6. The first-order chi connectivity index (χ1) is 8.58. The standard InChI is InChI=1S/C14H18O4/c1-2-3-4-5-9-14(17)10-7-6-8-11(15)12(10)13(16)18-14/h6-8,15,17H,2-5,9H2,1H3/t14-/m0/s1. The van der Waals surface area contributed by atoms with Crippen LogP contribution in [0.15, 0.2) is 18.2 Å². The molecule has 4 nitrogen and oxygen atoms in total. The lowest BCUT2D eigenvalue weighted by Gasteiger charge is -2.22. The number of cyclic esters (lactones) is 1. The van der Waals surface area contributed by atoms with Crippen LogP contribution in [0.4, 0.5) is 0 Å². The number of rotatable bonds is 5. The van der Waals surface area contributed by atoms with Gasteiger partial charge in [-0.15, -0.1) is 0 Å². The van der Waals surface area contributed by atoms with Crippen LogP contribution < -0.4 is 0 Å². The van der Waals surface area contributed by atoms with Crippen LogP contribution in [0.25, 0.3) is 0 Å². The highest BCUT2D eigenvalue weighted by molar-refractivity contribution is 5.97. The minimum absolute atomic E-state index is 0.0930. The first-order valence-electron chi connectivity index (χ1n) is 6.36. The minimum Gasteiger partial charge on any atom is -0.507 e. The van der Waals surface area contributed by atoms with Gasteiger partial charge >= 0.3 is 5.97 Å². The molecule has 0 saturated heterocycles. The fourth-order valence-corrected chi connectivity index (χ4v) is 2.32. The number of phenolic OH excluding ortho intramolecular Hbond substituents is 1. The number of ether oxygens (including phenoxy) is 1. The molecule has 1 aromatic carbocycles. The van der Waals surface area contributed by atoms with Gasteiger partial charge in [0.2, 0.25) is 5.79 Å². The second kappa shape index (κ2) is 4.98. The zero-order chi connectivity index (χ0) is 13.2. The maximum atomic E-state index is 11.6. The van der Waals surface area contributed by atoms with E-state index < -0.39 is 11.8 Å². The van der Waals surface area contributed by atoms with Gasteiger partial charge in [0.05, 0.1) is 0 Å². The summed E-state index contributed by atoms with van der Waals surface area (Å²) in [5, 5.41) is 20.0. The number of hydrogen-bond acceptors (Lipinski definition) is 4. The van der Waals surface area contributed by atoms with Gasteiger partial charge in [0, 0.05) is 12.0 Å². The fraction of sp³-hybridized carbons (Fsp3) is 0.500. The van der Waals surface area contributed by atoms with E-state index in [1.807, 2.05) is 0 Å². The molecule has 0 aliphatic carbocycles. The average molecular weight is 250 g/mol. The lowest BCUT2D eigenvalue weighted by molar-refractivity contribution is -0.168. The molecule has 0 unspecified atom stereocenters. The third kappa shape index (κ3) is 2.20. The van der Waals surface area contributed by atoms with Crippen LogP contribution in [0.5, 0.6) is 5.75 Å². The summed E-state index contributed by atoms with van der Waals surface area (Å²) in [7, 11) is 0. The molecule has 1 heterocycles. The second-order valence-electron chi connectivity index (χ2n) is 4.68. The summed E-state index contributed by atoms with van der Waals surface area (Å²) in [6.07, 6.45) is 4.35. The Labute approximate surface area is 106 Å². The van der Waals surface area contributed by atoms with Crippen molar-refractivity contribution in [2.75, 3.05) is 0 Å². The normalized spacial score (nSPS) is 21.8. The minimum atomic E-state index is -1.57. The van der Waals surface area contributed by atoms with Gasteiger partial charge in [0.15, 0.2) is 0 Å². The number of benzene rings is 1. The van der Waals surface area contributed by atoms with E-state index in [1.54, 1.807) is 12.1 Å². The highest BCUT2D eigenvalue weighted by Crippen LogP contribution is 2.41. The quantitative estimate of drug-likeness (QED) is 0.622. The van der Waals surface area contributed by atoms with Crippen molar-refractivity contribution in [3.8, 4) is 5.75 Å². The van der Waals surface area contributed by atoms with Crippen molar-refractivity contribution < 1.29 is 19.7 Å². The second-order valence-corrected chi connectivity index (χ2v) is 4.68. The van der Waals surface area contributed by atoms with Crippen molar-refractivity contribution >= 4 is 5.97 Å². The third-order valence-electron chi connectivity index (χ3n) is 3.30. The van der Waals surface area contributed by atoms with E-state index in [-0.39, 0.29) is 11.3 Å². The molecular formula is C14H18O4. The van der Waals surface area contributed by atoms with Crippen LogP contribution >= 0.6 is 0 Å². The van der Waals surface area contributed by atoms with Crippen molar-refractivity contribution in [1.29, 1.82) is 0 Å². The molecule has 1 atom stereocenters. The van der Waals surface area contributed by atoms with Crippen molar-refractivity contribution in [2.24, 2.45) is 0 Å². The Morgan fingerprint density at radius 3 is 2.78 bits per heavy atom. The summed E-state index contributed by atoms with van der Waals surface area (Å²) < 4.78 is 5.04. The molecule has 18 heavy (non-hydrogen) atoms. The number of unbranched alkanes of at least 4 members (excludes halogenated alkanes) is 3. The molecule has 0 aromatic heterocycles. The monoisotopic (exact) mass is 250 g/mol. The predicted octanol–water partition coefficient (Wildman–Crippen LogP) is 2.68. The Balaban J connectivity index is 2.17. The molecule has 98 valence electrons. The SMILES string of the molecule is CCCCCC[C@]1(O)OC(=O)c2c(O)cccc21. The van der Waals surface area contributed by atoms with Crippen LogP contribution in [-0.2, 0) is 10.5 Å². The largest absolute Gasteiger partial charge is 0.507 e. The van der Waals surface area contributed by atoms with Gasteiger partial charge in [0.25, 0.3) is 0 Å². The first kappa shape index (κ1) is 12.9. The molecule has 0 bridgehead atoms. The molecule has 0 saturated carbocycles. The maximum Gasteiger partial charge on any atom is 0.345 e. The third-order valence-corrected chi connectivity index (χ3v) is 3.30. The Hall–Kier alpha value is -1.55. The number of aliphatic hydroxyl groups is 1. The van der Waals surface area contributed by atoms with E-state index in [0.717, 1.165) is 25.7 Å². The number of hydrogen-bond donors (Lipinski definition) is 2. The van der Waals surface area contributed by atoms with Gasteiger partial charge in [-0.2, -0.15) is 0 Å². The van der Waals surface area contributed by atoms with Crippen LogP contribution in [0.1, 0.15) is 54.9 Å². The van der Waals surface area contributed by atoms with E-state index in [0.29, 0.717) is 12.0 Å². The number of aromatic hydroxyl groups is 1.